The number of benzene rings is 1. The molecule has 1 N–H and O–H groups in total. The molecule has 3 aromatic rings. The monoisotopic (exact) mass is 396 g/mol. The number of aromatic nitrogens is 4. The number of rotatable bonds is 5. The summed E-state index contributed by atoms with van der Waals surface area (Å²) in [4.78, 5) is 24.6. The van der Waals surface area contributed by atoms with Gasteiger partial charge in [-0.05, 0) is 47.6 Å². The Morgan fingerprint density at radius 1 is 1.07 bits per heavy atom. The first-order valence-corrected chi connectivity index (χ1v) is 9.87. The topological polar surface area (TPSA) is 88.9 Å². The van der Waals surface area contributed by atoms with E-state index < -0.39 is 5.97 Å². The van der Waals surface area contributed by atoms with Crippen LogP contribution in [0.1, 0.15) is 53.7 Å². The van der Waals surface area contributed by atoms with Crippen LogP contribution in [0.3, 0.4) is 0 Å². The summed E-state index contributed by atoms with van der Waals surface area (Å²) in [5, 5.41) is 9.93. The summed E-state index contributed by atoms with van der Waals surface area (Å²) in [6, 6.07) is 4.00. The SMILES string of the molecule is Cc1cc(Cc2nc(-c3cnc(C(C)(C)C)cn3)ns2)c(C)cc1CC(=O)O. The van der Waals surface area contributed by atoms with E-state index in [9.17, 15) is 4.79 Å². The lowest BCUT2D eigenvalue weighted by Crippen LogP contribution is -2.13. The Balaban J connectivity index is 1.80. The molecule has 0 saturated carbocycles. The number of carbonyl (C=O) groups is 1. The van der Waals surface area contributed by atoms with E-state index in [0.29, 0.717) is 17.9 Å². The number of carboxylic acid groups (broad SMARTS) is 1. The highest BCUT2D eigenvalue weighted by molar-refractivity contribution is 7.05. The van der Waals surface area contributed by atoms with Crippen molar-refractivity contribution >= 4 is 17.5 Å². The van der Waals surface area contributed by atoms with Gasteiger partial charge < -0.3 is 5.11 Å². The number of aliphatic carboxylic acids is 1. The lowest BCUT2D eigenvalue weighted by Gasteiger charge is -2.16. The molecule has 7 heteroatoms. The third kappa shape index (κ3) is 4.59. The molecule has 2 heterocycles. The van der Waals surface area contributed by atoms with E-state index in [-0.39, 0.29) is 11.8 Å². The standard InChI is InChI=1S/C21H24N4O2S/c1-12-7-15(9-19(26)27)13(2)6-14(12)8-18-24-20(25-28-18)16-10-23-17(11-22-16)21(3,4)5/h6-7,10-11H,8-9H2,1-5H3,(H,26,27). The van der Waals surface area contributed by atoms with Crippen LogP contribution >= 0.6 is 11.5 Å². The Labute approximate surface area is 168 Å². The molecule has 0 bridgehead atoms. The van der Waals surface area contributed by atoms with E-state index in [4.69, 9.17) is 5.11 Å². The van der Waals surface area contributed by atoms with E-state index >= 15 is 0 Å². The van der Waals surface area contributed by atoms with Gasteiger partial charge in [0.2, 0.25) is 0 Å². The molecule has 0 aliphatic heterocycles. The number of hydrogen-bond acceptors (Lipinski definition) is 6. The van der Waals surface area contributed by atoms with Crippen molar-refractivity contribution in [1.82, 2.24) is 19.3 Å². The maximum absolute atomic E-state index is 11.0. The van der Waals surface area contributed by atoms with Gasteiger partial charge in [0, 0.05) is 18.0 Å². The van der Waals surface area contributed by atoms with Gasteiger partial charge in [0.25, 0.3) is 0 Å². The number of carboxylic acids is 1. The first kappa shape index (κ1) is 20.1. The third-order valence-corrected chi connectivity index (χ3v) is 5.31. The Morgan fingerprint density at radius 3 is 2.36 bits per heavy atom. The Morgan fingerprint density at radius 2 is 1.75 bits per heavy atom. The second-order valence-corrected chi connectivity index (χ2v) is 8.84. The summed E-state index contributed by atoms with van der Waals surface area (Å²) in [5.74, 6) is -0.229. The average Bonchev–Trinajstić information content (AvgIpc) is 3.07. The van der Waals surface area contributed by atoms with E-state index in [2.05, 4.69) is 40.1 Å². The zero-order valence-electron chi connectivity index (χ0n) is 16.8. The molecule has 0 unspecified atom stereocenters. The van der Waals surface area contributed by atoms with Crippen molar-refractivity contribution in [3.8, 4) is 11.5 Å². The van der Waals surface area contributed by atoms with Crippen LogP contribution in [-0.2, 0) is 23.1 Å². The first-order valence-electron chi connectivity index (χ1n) is 9.10. The molecule has 6 nitrogen and oxygen atoms in total. The number of hydrogen-bond donors (Lipinski definition) is 1. The van der Waals surface area contributed by atoms with Crippen LogP contribution in [0.5, 0.6) is 0 Å². The second-order valence-electron chi connectivity index (χ2n) is 8.00. The van der Waals surface area contributed by atoms with E-state index in [1.165, 1.54) is 11.5 Å². The fourth-order valence-electron chi connectivity index (χ4n) is 2.90. The Kier molecular flexibility index (Phi) is 5.56. The molecule has 2 aromatic heterocycles. The highest BCUT2D eigenvalue weighted by atomic mass is 32.1. The molecule has 0 spiro atoms. The third-order valence-electron chi connectivity index (χ3n) is 4.60. The first-order chi connectivity index (χ1) is 13.1. The number of nitrogens with zero attached hydrogens (tertiary/aromatic N) is 4. The maximum atomic E-state index is 11.0. The molecule has 3 rings (SSSR count). The zero-order valence-corrected chi connectivity index (χ0v) is 17.6. The Hall–Kier alpha value is -2.67. The molecule has 0 amide bonds. The lowest BCUT2D eigenvalue weighted by molar-refractivity contribution is -0.136. The average molecular weight is 397 g/mol. The van der Waals surface area contributed by atoms with Gasteiger partial charge in [0.1, 0.15) is 10.7 Å². The molecule has 0 fully saturated rings. The highest BCUT2D eigenvalue weighted by Gasteiger charge is 2.17. The van der Waals surface area contributed by atoms with Crippen molar-refractivity contribution < 1.29 is 9.90 Å². The zero-order chi connectivity index (χ0) is 20.5. The smallest absolute Gasteiger partial charge is 0.307 e. The maximum Gasteiger partial charge on any atom is 0.307 e. The molecule has 146 valence electrons. The van der Waals surface area contributed by atoms with Gasteiger partial charge in [-0.25, -0.2) is 9.97 Å². The second kappa shape index (κ2) is 7.75. The van der Waals surface area contributed by atoms with Crippen LogP contribution in [-0.4, -0.2) is 30.4 Å². The minimum absolute atomic E-state index is 0.0408. The van der Waals surface area contributed by atoms with Crippen LogP contribution in [0.25, 0.3) is 11.5 Å². The minimum Gasteiger partial charge on any atom is -0.481 e. The van der Waals surface area contributed by atoms with Gasteiger partial charge in [-0.3, -0.25) is 9.78 Å². The summed E-state index contributed by atoms with van der Waals surface area (Å²) in [7, 11) is 0. The van der Waals surface area contributed by atoms with Crippen molar-refractivity contribution in [3.63, 3.8) is 0 Å². The van der Waals surface area contributed by atoms with Crippen LogP contribution in [0, 0.1) is 13.8 Å². The minimum atomic E-state index is -0.817. The van der Waals surface area contributed by atoms with Crippen LogP contribution in [0.4, 0.5) is 0 Å². The van der Waals surface area contributed by atoms with Crippen LogP contribution < -0.4 is 0 Å². The summed E-state index contributed by atoms with van der Waals surface area (Å²) in [5.41, 5.74) is 5.57. The van der Waals surface area contributed by atoms with Gasteiger partial charge in [-0.15, -0.1) is 0 Å². The predicted molar refractivity (Wildman–Crippen MR) is 110 cm³/mol. The molecule has 0 atom stereocenters. The molecular weight excluding hydrogens is 372 g/mol. The quantitative estimate of drug-likeness (QED) is 0.698. The normalized spacial score (nSPS) is 11.6. The van der Waals surface area contributed by atoms with Gasteiger partial charge >= 0.3 is 5.97 Å². The van der Waals surface area contributed by atoms with Crippen molar-refractivity contribution in [2.24, 2.45) is 0 Å². The molecule has 0 aliphatic rings. The molecular formula is C21H24N4O2S. The van der Waals surface area contributed by atoms with E-state index in [1.807, 2.05) is 26.0 Å². The largest absolute Gasteiger partial charge is 0.481 e. The highest BCUT2D eigenvalue weighted by Crippen LogP contribution is 2.24. The molecule has 0 radical (unpaired) electrons. The van der Waals surface area contributed by atoms with Crippen molar-refractivity contribution in [2.75, 3.05) is 0 Å². The summed E-state index contributed by atoms with van der Waals surface area (Å²) in [6.07, 6.45) is 4.21. The van der Waals surface area contributed by atoms with E-state index in [1.54, 1.807) is 12.4 Å². The van der Waals surface area contributed by atoms with Gasteiger partial charge in [0.05, 0.1) is 18.3 Å². The van der Waals surface area contributed by atoms with Gasteiger partial charge in [-0.1, -0.05) is 32.9 Å². The van der Waals surface area contributed by atoms with Crippen LogP contribution in [0.2, 0.25) is 0 Å². The van der Waals surface area contributed by atoms with Crippen LogP contribution in [0.15, 0.2) is 24.5 Å². The molecule has 0 saturated heterocycles. The molecule has 1 aromatic carbocycles. The Bertz CT molecular complexity index is 1000. The van der Waals surface area contributed by atoms with E-state index in [0.717, 1.165) is 33.0 Å². The van der Waals surface area contributed by atoms with Gasteiger partial charge in [-0.2, -0.15) is 4.37 Å². The van der Waals surface area contributed by atoms with Crippen molar-refractivity contribution in [2.45, 2.75) is 52.9 Å². The fourth-order valence-corrected chi connectivity index (χ4v) is 3.58. The lowest BCUT2D eigenvalue weighted by atomic mass is 9.93. The molecule has 28 heavy (non-hydrogen) atoms. The predicted octanol–water partition coefficient (Wildman–Crippen LogP) is 4.13. The summed E-state index contributed by atoms with van der Waals surface area (Å²) >= 11 is 1.36. The van der Waals surface area contributed by atoms with Crippen molar-refractivity contribution in [1.29, 1.82) is 0 Å². The summed E-state index contributed by atoms with van der Waals surface area (Å²) < 4.78 is 4.43. The van der Waals surface area contributed by atoms with Crippen molar-refractivity contribution in [3.05, 3.63) is 57.5 Å². The summed E-state index contributed by atoms with van der Waals surface area (Å²) in [6.45, 7) is 10.2. The fraction of sp³-hybridized carbons (Fsp3) is 0.381. The van der Waals surface area contributed by atoms with Gasteiger partial charge in [0.15, 0.2) is 5.82 Å². The number of aryl methyl sites for hydroxylation is 2. The molecule has 0 aliphatic carbocycles.